The van der Waals surface area contributed by atoms with Gasteiger partial charge in [0.1, 0.15) is 6.54 Å². The molecule has 0 aliphatic carbocycles. The van der Waals surface area contributed by atoms with Crippen molar-refractivity contribution < 1.29 is 9.59 Å². The minimum Gasteiger partial charge on any atom is -0.368 e. The van der Waals surface area contributed by atoms with Crippen molar-refractivity contribution in [3.63, 3.8) is 0 Å². The summed E-state index contributed by atoms with van der Waals surface area (Å²) in [6.45, 7) is 8.54. The van der Waals surface area contributed by atoms with Gasteiger partial charge in [-0.05, 0) is 43.2 Å². The van der Waals surface area contributed by atoms with Crippen LogP contribution in [0.2, 0.25) is 5.02 Å². The summed E-state index contributed by atoms with van der Waals surface area (Å²) in [5.74, 6) is -0.258. The number of halogens is 1. The predicted molar refractivity (Wildman–Crippen MR) is 114 cm³/mol. The number of aryl methyl sites for hydroxylation is 1. The van der Waals surface area contributed by atoms with Gasteiger partial charge in [-0.15, -0.1) is 0 Å². The monoisotopic (exact) mass is 399 g/mol. The first-order valence-electron chi connectivity index (χ1n) is 9.50. The lowest BCUT2D eigenvalue weighted by molar-refractivity contribution is -0.131. The normalized spacial score (nSPS) is 14.1. The van der Waals surface area contributed by atoms with Gasteiger partial charge in [-0.3, -0.25) is 9.59 Å². The fraction of sp³-hybridized carbons (Fsp3) is 0.364. The Hall–Kier alpha value is -2.53. The van der Waals surface area contributed by atoms with E-state index in [1.807, 2.05) is 11.0 Å². The zero-order valence-corrected chi connectivity index (χ0v) is 17.4. The van der Waals surface area contributed by atoms with E-state index < -0.39 is 0 Å². The Bertz CT molecular complexity index is 876. The number of hydrogen-bond acceptors (Lipinski definition) is 3. The molecule has 1 heterocycles. The Kier molecular flexibility index (Phi) is 6.25. The summed E-state index contributed by atoms with van der Waals surface area (Å²) in [5, 5.41) is 0.463. The smallest absolute Gasteiger partial charge is 0.242 e. The van der Waals surface area contributed by atoms with Crippen LogP contribution >= 0.6 is 11.6 Å². The summed E-state index contributed by atoms with van der Waals surface area (Å²) in [7, 11) is 0. The number of anilines is 2. The summed E-state index contributed by atoms with van der Waals surface area (Å²) in [6.07, 6.45) is 0. The van der Waals surface area contributed by atoms with E-state index in [1.54, 1.807) is 18.2 Å². The number of amides is 2. The molecular formula is C22H26ClN3O2. The van der Waals surface area contributed by atoms with Gasteiger partial charge >= 0.3 is 0 Å². The van der Waals surface area contributed by atoms with Crippen LogP contribution in [0.4, 0.5) is 11.4 Å². The van der Waals surface area contributed by atoms with E-state index in [0.29, 0.717) is 23.8 Å². The van der Waals surface area contributed by atoms with Gasteiger partial charge in [-0.1, -0.05) is 35.9 Å². The molecule has 1 aliphatic rings. The van der Waals surface area contributed by atoms with Crippen LogP contribution in [0.3, 0.4) is 0 Å². The highest BCUT2D eigenvalue weighted by molar-refractivity contribution is 6.33. The standard InChI is InChI=1S/C22H26ClN3O2/c1-16-7-6-10-20(17(16)2)24-11-13-25(14-12-24)22(28)15-26(18(3)27)21-9-5-4-8-19(21)23/h4-10H,11-15H2,1-3H3. The Labute approximate surface area is 171 Å². The maximum atomic E-state index is 12.8. The van der Waals surface area contributed by atoms with E-state index in [-0.39, 0.29) is 18.4 Å². The number of hydrogen-bond donors (Lipinski definition) is 0. The topological polar surface area (TPSA) is 43.9 Å². The summed E-state index contributed by atoms with van der Waals surface area (Å²) in [4.78, 5) is 30.5. The SMILES string of the molecule is CC(=O)N(CC(=O)N1CCN(c2cccc(C)c2C)CC1)c1ccccc1Cl. The van der Waals surface area contributed by atoms with Gasteiger partial charge in [0.2, 0.25) is 11.8 Å². The Morgan fingerprint density at radius 1 is 1.00 bits per heavy atom. The van der Waals surface area contributed by atoms with Gasteiger partial charge in [0.05, 0.1) is 10.7 Å². The highest BCUT2D eigenvalue weighted by Crippen LogP contribution is 2.26. The molecule has 0 spiro atoms. The Morgan fingerprint density at radius 3 is 2.32 bits per heavy atom. The summed E-state index contributed by atoms with van der Waals surface area (Å²) in [5.41, 5.74) is 4.35. The lowest BCUT2D eigenvalue weighted by Crippen LogP contribution is -2.52. The zero-order chi connectivity index (χ0) is 20.3. The molecular weight excluding hydrogens is 374 g/mol. The van der Waals surface area contributed by atoms with Crippen LogP contribution in [0.25, 0.3) is 0 Å². The second-order valence-electron chi connectivity index (χ2n) is 7.14. The molecule has 0 bridgehead atoms. The Balaban J connectivity index is 1.65. The zero-order valence-electron chi connectivity index (χ0n) is 16.6. The third-order valence-electron chi connectivity index (χ3n) is 5.37. The fourth-order valence-electron chi connectivity index (χ4n) is 3.55. The lowest BCUT2D eigenvalue weighted by atomic mass is 10.1. The first-order chi connectivity index (χ1) is 13.4. The summed E-state index contributed by atoms with van der Waals surface area (Å²) in [6, 6.07) is 13.4. The van der Waals surface area contributed by atoms with Crippen molar-refractivity contribution in [3.05, 3.63) is 58.6 Å². The van der Waals surface area contributed by atoms with Crippen molar-refractivity contribution in [2.75, 3.05) is 42.5 Å². The third-order valence-corrected chi connectivity index (χ3v) is 5.69. The quantitative estimate of drug-likeness (QED) is 0.788. The van der Waals surface area contributed by atoms with E-state index in [2.05, 4.69) is 36.9 Å². The highest BCUT2D eigenvalue weighted by atomic mass is 35.5. The molecule has 0 saturated carbocycles. The molecule has 0 radical (unpaired) electrons. The van der Waals surface area contributed by atoms with Crippen molar-refractivity contribution in [1.82, 2.24) is 4.90 Å². The number of benzene rings is 2. The molecule has 0 aromatic heterocycles. The molecule has 2 aromatic carbocycles. The number of nitrogens with zero attached hydrogens (tertiary/aromatic N) is 3. The van der Waals surface area contributed by atoms with E-state index >= 15 is 0 Å². The van der Waals surface area contributed by atoms with Crippen LogP contribution in [0, 0.1) is 13.8 Å². The Morgan fingerprint density at radius 2 is 1.68 bits per heavy atom. The molecule has 1 aliphatic heterocycles. The highest BCUT2D eigenvalue weighted by Gasteiger charge is 2.25. The molecule has 1 fully saturated rings. The maximum absolute atomic E-state index is 12.8. The van der Waals surface area contributed by atoms with Crippen molar-refractivity contribution in [3.8, 4) is 0 Å². The van der Waals surface area contributed by atoms with Crippen LogP contribution in [0.15, 0.2) is 42.5 Å². The molecule has 2 aromatic rings. The number of carbonyl (C=O) groups is 2. The lowest BCUT2D eigenvalue weighted by Gasteiger charge is -2.37. The van der Waals surface area contributed by atoms with Crippen molar-refractivity contribution >= 4 is 34.8 Å². The minimum absolute atomic E-state index is 0.00252. The summed E-state index contributed by atoms with van der Waals surface area (Å²) < 4.78 is 0. The first kappa shape index (κ1) is 20.2. The largest absolute Gasteiger partial charge is 0.368 e. The van der Waals surface area contributed by atoms with Crippen molar-refractivity contribution in [2.24, 2.45) is 0 Å². The minimum atomic E-state index is -0.199. The molecule has 148 valence electrons. The third kappa shape index (κ3) is 4.30. The average Bonchev–Trinajstić information content (AvgIpc) is 2.69. The molecule has 6 heteroatoms. The van der Waals surface area contributed by atoms with Gasteiger partial charge in [0.15, 0.2) is 0 Å². The van der Waals surface area contributed by atoms with Crippen LogP contribution in [-0.4, -0.2) is 49.4 Å². The second-order valence-corrected chi connectivity index (χ2v) is 7.55. The molecule has 2 amide bonds. The van der Waals surface area contributed by atoms with E-state index in [1.165, 1.54) is 28.6 Å². The van der Waals surface area contributed by atoms with Crippen LogP contribution < -0.4 is 9.80 Å². The van der Waals surface area contributed by atoms with E-state index in [0.717, 1.165) is 13.1 Å². The van der Waals surface area contributed by atoms with Gasteiger partial charge in [0, 0.05) is 38.8 Å². The molecule has 5 nitrogen and oxygen atoms in total. The average molecular weight is 400 g/mol. The molecule has 3 rings (SSSR count). The molecule has 1 saturated heterocycles. The van der Waals surface area contributed by atoms with Gasteiger partial charge in [0.25, 0.3) is 0 Å². The van der Waals surface area contributed by atoms with Crippen LogP contribution in [-0.2, 0) is 9.59 Å². The van der Waals surface area contributed by atoms with Gasteiger partial charge < -0.3 is 14.7 Å². The number of rotatable bonds is 4. The summed E-state index contributed by atoms with van der Waals surface area (Å²) >= 11 is 6.22. The maximum Gasteiger partial charge on any atom is 0.242 e. The predicted octanol–water partition coefficient (Wildman–Crippen LogP) is 3.66. The molecule has 0 atom stereocenters. The van der Waals surface area contributed by atoms with Crippen molar-refractivity contribution in [1.29, 1.82) is 0 Å². The first-order valence-corrected chi connectivity index (χ1v) is 9.88. The molecule has 28 heavy (non-hydrogen) atoms. The van der Waals surface area contributed by atoms with Crippen LogP contribution in [0.5, 0.6) is 0 Å². The van der Waals surface area contributed by atoms with Crippen LogP contribution in [0.1, 0.15) is 18.1 Å². The molecule has 0 unspecified atom stereocenters. The number of para-hydroxylation sites is 1. The fourth-order valence-corrected chi connectivity index (χ4v) is 3.78. The molecule has 0 N–H and O–H groups in total. The number of carbonyl (C=O) groups excluding carboxylic acids is 2. The van der Waals surface area contributed by atoms with E-state index in [9.17, 15) is 9.59 Å². The van der Waals surface area contributed by atoms with Crippen molar-refractivity contribution in [2.45, 2.75) is 20.8 Å². The van der Waals surface area contributed by atoms with E-state index in [4.69, 9.17) is 11.6 Å². The number of piperazine rings is 1. The van der Waals surface area contributed by atoms with Gasteiger partial charge in [-0.2, -0.15) is 0 Å². The van der Waals surface area contributed by atoms with Gasteiger partial charge in [-0.25, -0.2) is 0 Å². The second kappa shape index (κ2) is 8.65.